The molecule has 2 aromatic carbocycles. The molecule has 2 amide bonds. The summed E-state index contributed by atoms with van der Waals surface area (Å²) in [5.41, 5.74) is 4.40. The number of carbonyl (C=O) groups is 2. The van der Waals surface area contributed by atoms with Crippen molar-refractivity contribution in [2.75, 3.05) is 16.8 Å². The van der Waals surface area contributed by atoms with Gasteiger partial charge in [0.15, 0.2) is 0 Å². The summed E-state index contributed by atoms with van der Waals surface area (Å²) in [5, 5.41) is 3.19. The summed E-state index contributed by atoms with van der Waals surface area (Å²) in [6.45, 7) is 8.31. The first-order chi connectivity index (χ1) is 12.4. The standard InChI is InChI=1S/C21H24N2O3/c1-5-26-18-9-7-6-8-16(18)22-17-12-19(24)23(21(17)25)20-14(3)10-13(2)11-15(20)4/h6-11,17,22H,5,12H2,1-4H3/t17-/m1/s1. The number of carbonyl (C=O) groups excluding carboxylic acids is 2. The molecule has 0 aliphatic carbocycles. The van der Waals surface area contributed by atoms with Crippen LogP contribution in [-0.4, -0.2) is 24.5 Å². The van der Waals surface area contributed by atoms with E-state index in [0.29, 0.717) is 18.0 Å². The van der Waals surface area contributed by atoms with E-state index in [2.05, 4.69) is 5.32 Å². The van der Waals surface area contributed by atoms with Crippen molar-refractivity contribution in [3.63, 3.8) is 0 Å². The van der Waals surface area contributed by atoms with Gasteiger partial charge in [0, 0.05) is 0 Å². The predicted molar refractivity (Wildman–Crippen MR) is 103 cm³/mol. The summed E-state index contributed by atoms with van der Waals surface area (Å²) in [6.07, 6.45) is 0.131. The van der Waals surface area contributed by atoms with Crippen molar-refractivity contribution in [3.05, 3.63) is 53.1 Å². The summed E-state index contributed by atoms with van der Waals surface area (Å²) in [7, 11) is 0. The highest BCUT2D eigenvalue weighted by molar-refractivity contribution is 6.23. The van der Waals surface area contributed by atoms with Crippen molar-refractivity contribution in [1.29, 1.82) is 0 Å². The summed E-state index contributed by atoms with van der Waals surface area (Å²) in [5.74, 6) is 0.268. The largest absolute Gasteiger partial charge is 0.492 e. The Morgan fingerprint density at radius 2 is 1.77 bits per heavy atom. The zero-order chi connectivity index (χ0) is 18.8. The third-order valence-corrected chi connectivity index (χ3v) is 4.52. The molecule has 1 saturated heterocycles. The number of benzene rings is 2. The number of ether oxygens (including phenoxy) is 1. The average Bonchev–Trinajstić information content (AvgIpc) is 2.84. The lowest BCUT2D eigenvalue weighted by Crippen LogP contribution is -2.35. The number of nitrogens with zero attached hydrogens (tertiary/aromatic N) is 1. The van der Waals surface area contributed by atoms with E-state index in [1.54, 1.807) is 0 Å². The predicted octanol–water partition coefficient (Wildman–Crippen LogP) is 3.75. The Balaban J connectivity index is 1.89. The number of para-hydroxylation sites is 2. The van der Waals surface area contributed by atoms with Gasteiger partial charge in [-0.2, -0.15) is 0 Å². The van der Waals surface area contributed by atoms with Crippen LogP contribution < -0.4 is 15.0 Å². The summed E-state index contributed by atoms with van der Waals surface area (Å²) >= 11 is 0. The molecule has 1 aliphatic heterocycles. The highest BCUT2D eigenvalue weighted by Gasteiger charge is 2.41. The van der Waals surface area contributed by atoms with Crippen LogP contribution in [0, 0.1) is 20.8 Å². The summed E-state index contributed by atoms with van der Waals surface area (Å²) in [4.78, 5) is 26.9. The van der Waals surface area contributed by atoms with E-state index in [1.807, 2.05) is 64.1 Å². The maximum Gasteiger partial charge on any atom is 0.256 e. The third kappa shape index (κ3) is 3.29. The fourth-order valence-corrected chi connectivity index (χ4v) is 3.56. The van der Waals surface area contributed by atoms with Crippen LogP contribution in [0.5, 0.6) is 5.75 Å². The van der Waals surface area contributed by atoms with Crippen LogP contribution in [-0.2, 0) is 9.59 Å². The number of imide groups is 1. The van der Waals surface area contributed by atoms with Crippen molar-refractivity contribution in [2.45, 2.75) is 40.2 Å². The van der Waals surface area contributed by atoms with Gasteiger partial charge in [0.05, 0.1) is 24.4 Å². The second-order valence-electron chi connectivity index (χ2n) is 6.64. The van der Waals surface area contributed by atoms with Crippen LogP contribution in [0.3, 0.4) is 0 Å². The first kappa shape index (κ1) is 18.0. The number of hydrogen-bond donors (Lipinski definition) is 1. The molecule has 3 rings (SSSR count). The van der Waals surface area contributed by atoms with Crippen molar-refractivity contribution >= 4 is 23.2 Å². The molecule has 0 bridgehead atoms. The van der Waals surface area contributed by atoms with Crippen molar-refractivity contribution < 1.29 is 14.3 Å². The van der Waals surface area contributed by atoms with Crippen LogP contribution >= 0.6 is 0 Å². The van der Waals surface area contributed by atoms with Gasteiger partial charge >= 0.3 is 0 Å². The van der Waals surface area contributed by atoms with Gasteiger partial charge in [-0.3, -0.25) is 9.59 Å². The zero-order valence-electron chi connectivity index (χ0n) is 15.6. The molecule has 136 valence electrons. The van der Waals surface area contributed by atoms with Crippen LogP contribution in [0.1, 0.15) is 30.0 Å². The van der Waals surface area contributed by atoms with E-state index in [4.69, 9.17) is 4.74 Å². The van der Waals surface area contributed by atoms with E-state index in [1.165, 1.54) is 4.90 Å². The third-order valence-electron chi connectivity index (χ3n) is 4.52. The van der Waals surface area contributed by atoms with Gasteiger partial charge < -0.3 is 10.1 Å². The molecule has 2 aromatic rings. The minimum absolute atomic E-state index is 0.131. The maximum atomic E-state index is 13.0. The monoisotopic (exact) mass is 352 g/mol. The van der Waals surface area contributed by atoms with Gasteiger partial charge in [-0.05, 0) is 51.0 Å². The Bertz CT molecular complexity index is 837. The second-order valence-corrected chi connectivity index (χ2v) is 6.64. The van der Waals surface area contributed by atoms with Crippen LogP contribution in [0.2, 0.25) is 0 Å². The normalized spacial score (nSPS) is 16.9. The van der Waals surface area contributed by atoms with E-state index in [9.17, 15) is 9.59 Å². The molecule has 1 atom stereocenters. The summed E-state index contributed by atoms with van der Waals surface area (Å²) < 4.78 is 5.60. The van der Waals surface area contributed by atoms with Gasteiger partial charge in [-0.25, -0.2) is 4.90 Å². The first-order valence-electron chi connectivity index (χ1n) is 8.85. The molecule has 0 radical (unpaired) electrons. The average molecular weight is 352 g/mol. The molecule has 5 nitrogen and oxygen atoms in total. The first-order valence-corrected chi connectivity index (χ1v) is 8.85. The number of amides is 2. The van der Waals surface area contributed by atoms with E-state index in [0.717, 1.165) is 22.4 Å². The molecule has 1 aliphatic rings. The van der Waals surface area contributed by atoms with E-state index < -0.39 is 6.04 Å². The number of anilines is 2. The van der Waals surface area contributed by atoms with Crippen LogP contribution in [0.4, 0.5) is 11.4 Å². The Hall–Kier alpha value is -2.82. The molecule has 0 aromatic heterocycles. The molecular weight excluding hydrogens is 328 g/mol. The number of rotatable bonds is 5. The minimum atomic E-state index is -0.593. The van der Waals surface area contributed by atoms with E-state index in [-0.39, 0.29) is 18.2 Å². The van der Waals surface area contributed by atoms with E-state index >= 15 is 0 Å². The molecular formula is C21H24N2O3. The highest BCUT2D eigenvalue weighted by atomic mass is 16.5. The summed E-state index contributed by atoms with van der Waals surface area (Å²) in [6, 6.07) is 10.8. The molecule has 5 heteroatoms. The van der Waals surface area contributed by atoms with Crippen LogP contribution in [0.25, 0.3) is 0 Å². The van der Waals surface area contributed by atoms with Gasteiger partial charge in [0.2, 0.25) is 5.91 Å². The van der Waals surface area contributed by atoms with Crippen LogP contribution in [0.15, 0.2) is 36.4 Å². The smallest absolute Gasteiger partial charge is 0.256 e. The lowest BCUT2D eigenvalue weighted by atomic mass is 10.0. The number of nitrogens with one attached hydrogen (secondary N) is 1. The Morgan fingerprint density at radius 1 is 1.12 bits per heavy atom. The maximum absolute atomic E-state index is 13.0. The zero-order valence-corrected chi connectivity index (χ0v) is 15.6. The Morgan fingerprint density at radius 3 is 2.42 bits per heavy atom. The Kier molecular flexibility index (Phi) is 4.98. The molecule has 26 heavy (non-hydrogen) atoms. The van der Waals surface area contributed by atoms with Gasteiger partial charge in [-0.15, -0.1) is 0 Å². The lowest BCUT2D eigenvalue weighted by Gasteiger charge is -2.21. The molecule has 1 fully saturated rings. The highest BCUT2D eigenvalue weighted by Crippen LogP contribution is 2.33. The molecule has 1 N–H and O–H groups in total. The fourth-order valence-electron chi connectivity index (χ4n) is 3.56. The van der Waals surface area contributed by atoms with Gasteiger partial charge in [-0.1, -0.05) is 29.8 Å². The SMILES string of the molecule is CCOc1ccccc1N[C@@H]1CC(=O)N(c2c(C)cc(C)cc2C)C1=O. The molecule has 0 unspecified atom stereocenters. The number of hydrogen-bond acceptors (Lipinski definition) is 4. The molecule has 0 saturated carbocycles. The molecule has 0 spiro atoms. The van der Waals surface area contributed by atoms with Gasteiger partial charge in [0.1, 0.15) is 11.8 Å². The Labute approximate surface area is 154 Å². The second kappa shape index (κ2) is 7.20. The number of aryl methyl sites for hydroxylation is 3. The lowest BCUT2D eigenvalue weighted by molar-refractivity contribution is -0.121. The van der Waals surface area contributed by atoms with Crippen molar-refractivity contribution in [3.8, 4) is 5.75 Å². The van der Waals surface area contributed by atoms with Gasteiger partial charge in [0.25, 0.3) is 5.91 Å². The molecule has 1 heterocycles. The van der Waals surface area contributed by atoms with Crippen molar-refractivity contribution in [2.24, 2.45) is 0 Å². The van der Waals surface area contributed by atoms with Crippen molar-refractivity contribution in [1.82, 2.24) is 0 Å². The minimum Gasteiger partial charge on any atom is -0.492 e. The fraction of sp³-hybridized carbons (Fsp3) is 0.333. The quantitative estimate of drug-likeness (QED) is 0.833. The topological polar surface area (TPSA) is 58.6 Å².